The molecule has 5 heteroatoms. The molecule has 0 aliphatic carbocycles. The van der Waals surface area contributed by atoms with Gasteiger partial charge < -0.3 is 9.30 Å². The maximum absolute atomic E-state index is 11.8. The van der Waals surface area contributed by atoms with Crippen LogP contribution in [0.4, 0.5) is 0 Å². The van der Waals surface area contributed by atoms with Gasteiger partial charge in [0.05, 0.1) is 12.0 Å². The van der Waals surface area contributed by atoms with Gasteiger partial charge in [-0.1, -0.05) is 11.6 Å². The fourth-order valence-electron chi connectivity index (χ4n) is 1.79. The van der Waals surface area contributed by atoms with Crippen LogP contribution < -0.4 is 0 Å². The average molecular weight is 305 g/mol. The third-order valence-corrected chi connectivity index (χ3v) is 2.81. The predicted octanol–water partition coefficient (Wildman–Crippen LogP) is 3.88. The van der Waals surface area contributed by atoms with E-state index in [2.05, 4.69) is 4.98 Å². The van der Waals surface area contributed by atoms with Gasteiger partial charge in [0.2, 0.25) is 0 Å². The monoisotopic (exact) mass is 304 g/mol. The third-order valence-electron chi connectivity index (χ3n) is 2.58. The molecule has 2 rings (SSSR count). The molecular weight excluding hydrogens is 288 g/mol. The van der Waals surface area contributed by atoms with Crippen LogP contribution >= 0.6 is 11.6 Å². The number of hydrogen-bond acceptors (Lipinski definition) is 3. The first-order chi connectivity index (χ1) is 9.85. The van der Waals surface area contributed by atoms with Crippen LogP contribution in [0.1, 0.15) is 26.3 Å². The normalized spacial score (nSPS) is 11.8. The van der Waals surface area contributed by atoms with Crippen molar-refractivity contribution in [1.82, 2.24) is 9.55 Å². The number of carbonyl (C=O) groups excluding carboxylic acids is 1. The molecule has 0 atom stereocenters. The molecule has 1 aromatic heterocycles. The van der Waals surface area contributed by atoms with Crippen LogP contribution in [-0.2, 0) is 9.53 Å². The van der Waals surface area contributed by atoms with Crippen molar-refractivity contribution in [3.8, 4) is 5.69 Å². The Morgan fingerprint density at radius 3 is 2.76 bits per heavy atom. The Kier molecular flexibility index (Phi) is 4.48. The van der Waals surface area contributed by atoms with Crippen LogP contribution in [0.15, 0.2) is 43.0 Å². The highest BCUT2D eigenvalue weighted by atomic mass is 35.5. The zero-order valence-electron chi connectivity index (χ0n) is 12.2. The van der Waals surface area contributed by atoms with E-state index in [1.165, 1.54) is 6.08 Å². The second-order valence-corrected chi connectivity index (χ2v) is 5.98. The molecule has 0 aliphatic rings. The predicted molar refractivity (Wildman–Crippen MR) is 83.5 cm³/mol. The summed E-state index contributed by atoms with van der Waals surface area (Å²) in [6, 6.07) is 5.46. The van der Waals surface area contributed by atoms with E-state index in [9.17, 15) is 4.79 Å². The SMILES string of the molecule is CC(C)(C)OC(=O)C=Cc1cc(Cl)ccc1-n1ccnc1. The van der Waals surface area contributed by atoms with Crippen molar-refractivity contribution in [3.63, 3.8) is 0 Å². The third kappa shape index (κ3) is 4.46. The Bertz CT molecular complexity index is 655. The lowest BCUT2D eigenvalue weighted by molar-refractivity contribution is -0.148. The number of halogens is 1. The van der Waals surface area contributed by atoms with E-state index >= 15 is 0 Å². The lowest BCUT2D eigenvalue weighted by Crippen LogP contribution is -2.22. The second-order valence-electron chi connectivity index (χ2n) is 5.54. The first kappa shape index (κ1) is 15.3. The van der Waals surface area contributed by atoms with Crippen molar-refractivity contribution in [2.24, 2.45) is 0 Å². The molecule has 0 aliphatic heterocycles. The summed E-state index contributed by atoms with van der Waals surface area (Å²) in [6.45, 7) is 5.49. The summed E-state index contributed by atoms with van der Waals surface area (Å²) >= 11 is 6.03. The molecule has 1 heterocycles. The van der Waals surface area contributed by atoms with Gasteiger partial charge in [-0.05, 0) is 45.0 Å². The Hall–Kier alpha value is -2.07. The highest BCUT2D eigenvalue weighted by Crippen LogP contribution is 2.21. The minimum atomic E-state index is -0.511. The topological polar surface area (TPSA) is 44.1 Å². The van der Waals surface area contributed by atoms with Crippen molar-refractivity contribution in [3.05, 3.63) is 53.6 Å². The van der Waals surface area contributed by atoms with Gasteiger partial charge in [0.15, 0.2) is 0 Å². The van der Waals surface area contributed by atoms with Gasteiger partial charge in [0.25, 0.3) is 0 Å². The minimum Gasteiger partial charge on any atom is -0.457 e. The van der Waals surface area contributed by atoms with Crippen molar-refractivity contribution >= 4 is 23.6 Å². The van der Waals surface area contributed by atoms with Crippen molar-refractivity contribution in [2.45, 2.75) is 26.4 Å². The fourth-order valence-corrected chi connectivity index (χ4v) is 1.97. The van der Waals surface area contributed by atoms with Crippen LogP contribution in [0.2, 0.25) is 5.02 Å². The van der Waals surface area contributed by atoms with Crippen LogP contribution in [0.5, 0.6) is 0 Å². The number of nitrogens with zero attached hydrogens (tertiary/aromatic N) is 2. The number of rotatable bonds is 3. The number of carbonyl (C=O) groups is 1. The molecule has 0 unspecified atom stereocenters. The number of hydrogen-bond donors (Lipinski definition) is 0. The Morgan fingerprint density at radius 2 is 2.14 bits per heavy atom. The summed E-state index contributed by atoms with van der Waals surface area (Å²) in [7, 11) is 0. The lowest BCUT2D eigenvalue weighted by atomic mass is 10.1. The zero-order valence-corrected chi connectivity index (χ0v) is 13.0. The molecule has 4 nitrogen and oxygen atoms in total. The number of ether oxygens (including phenoxy) is 1. The van der Waals surface area contributed by atoms with E-state index in [1.54, 1.807) is 30.7 Å². The first-order valence-electron chi connectivity index (χ1n) is 6.54. The molecule has 0 bridgehead atoms. The highest BCUT2D eigenvalue weighted by Gasteiger charge is 2.14. The minimum absolute atomic E-state index is 0.390. The van der Waals surface area contributed by atoms with Gasteiger partial charge in [-0.15, -0.1) is 0 Å². The van der Waals surface area contributed by atoms with Crippen LogP contribution in [0, 0.1) is 0 Å². The summed E-state index contributed by atoms with van der Waals surface area (Å²) in [5.74, 6) is -0.390. The first-order valence-corrected chi connectivity index (χ1v) is 6.92. The maximum Gasteiger partial charge on any atom is 0.331 e. The van der Waals surface area contributed by atoms with Gasteiger partial charge in [-0.2, -0.15) is 0 Å². The number of imidazole rings is 1. The largest absolute Gasteiger partial charge is 0.457 e. The van der Waals surface area contributed by atoms with E-state index in [-0.39, 0.29) is 5.97 Å². The van der Waals surface area contributed by atoms with Crippen molar-refractivity contribution in [2.75, 3.05) is 0 Å². The van der Waals surface area contributed by atoms with E-state index in [0.717, 1.165) is 11.3 Å². The van der Waals surface area contributed by atoms with Crippen molar-refractivity contribution in [1.29, 1.82) is 0 Å². The van der Waals surface area contributed by atoms with Crippen LogP contribution in [0.3, 0.4) is 0 Å². The number of aromatic nitrogens is 2. The summed E-state index contributed by atoms with van der Waals surface area (Å²) in [4.78, 5) is 15.8. The molecule has 21 heavy (non-hydrogen) atoms. The van der Waals surface area contributed by atoms with Gasteiger partial charge in [0.1, 0.15) is 5.60 Å². The molecule has 2 aromatic rings. The quantitative estimate of drug-likeness (QED) is 0.638. The summed E-state index contributed by atoms with van der Waals surface area (Å²) in [5, 5.41) is 0.600. The molecule has 0 saturated heterocycles. The van der Waals surface area contributed by atoms with Gasteiger partial charge in [-0.3, -0.25) is 0 Å². The standard InChI is InChI=1S/C16H17ClN2O2/c1-16(2,3)21-15(20)7-4-12-10-13(17)5-6-14(12)19-9-8-18-11-19/h4-11H,1-3H3. The van der Waals surface area contributed by atoms with E-state index in [0.29, 0.717) is 5.02 Å². The summed E-state index contributed by atoms with van der Waals surface area (Å²) in [6.07, 6.45) is 8.30. The summed E-state index contributed by atoms with van der Waals surface area (Å²) < 4.78 is 7.09. The van der Waals surface area contributed by atoms with E-state index in [4.69, 9.17) is 16.3 Å². The van der Waals surface area contributed by atoms with E-state index < -0.39 is 5.60 Å². The zero-order chi connectivity index (χ0) is 15.5. The number of benzene rings is 1. The Balaban J connectivity index is 2.27. The molecule has 0 fully saturated rings. The Labute approximate surface area is 129 Å². The number of esters is 1. The molecule has 0 amide bonds. The smallest absolute Gasteiger partial charge is 0.331 e. The molecule has 110 valence electrons. The maximum atomic E-state index is 11.8. The van der Waals surface area contributed by atoms with Gasteiger partial charge in [0, 0.05) is 29.1 Å². The highest BCUT2D eigenvalue weighted by molar-refractivity contribution is 6.30. The molecular formula is C16H17ClN2O2. The van der Waals surface area contributed by atoms with E-state index in [1.807, 2.05) is 37.6 Å². The van der Waals surface area contributed by atoms with Gasteiger partial charge in [-0.25, -0.2) is 9.78 Å². The molecule has 0 radical (unpaired) electrons. The summed E-state index contributed by atoms with van der Waals surface area (Å²) in [5.41, 5.74) is 1.19. The molecule has 1 aromatic carbocycles. The average Bonchev–Trinajstić information content (AvgIpc) is 2.88. The second kappa shape index (κ2) is 6.14. The van der Waals surface area contributed by atoms with Crippen molar-refractivity contribution < 1.29 is 9.53 Å². The molecule has 0 N–H and O–H groups in total. The van der Waals surface area contributed by atoms with Crippen LogP contribution in [-0.4, -0.2) is 21.1 Å². The fraction of sp³-hybridized carbons (Fsp3) is 0.250. The molecule has 0 saturated carbocycles. The van der Waals surface area contributed by atoms with Gasteiger partial charge >= 0.3 is 5.97 Å². The van der Waals surface area contributed by atoms with Crippen LogP contribution in [0.25, 0.3) is 11.8 Å². The Morgan fingerprint density at radius 1 is 1.38 bits per heavy atom. The molecule has 0 spiro atoms. The lowest BCUT2D eigenvalue weighted by Gasteiger charge is -2.18.